The Labute approximate surface area is 111 Å². The molecule has 0 bridgehead atoms. The molecule has 98 valence electrons. The molecule has 1 aromatic rings. The van der Waals surface area contributed by atoms with Crippen LogP contribution in [-0.4, -0.2) is 5.54 Å². The summed E-state index contributed by atoms with van der Waals surface area (Å²) in [6.07, 6.45) is 3.80. The first-order valence-electron chi connectivity index (χ1n) is 6.97. The van der Waals surface area contributed by atoms with Gasteiger partial charge in [-0.2, -0.15) is 0 Å². The summed E-state index contributed by atoms with van der Waals surface area (Å²) in [4.78, 5) is 0. The van der Waals surface area contributed by atoms with Crippen LogP contribution in [0.3, 0.4) is 0 Å². The van der Waals surface area contributed by atoms with E-state index in [1.54, 1.807) is 0 Å². The number of allylic oxidation sites excluding steroid dienone is 1. The van der Waals surface area contributed by atoms with E-state index in [0.717, 1.165) is 5.92 Å². The third kappa shape index (κ3) is 3.38. The van der Waals surface area contributed by atoms with Crippen molar-refractivity contribution in [2.45, 2.75) is 51.5 Å². The molecule has 1 aromatic carbocycles. The number of rotatable bonds is 3. The van der Waals surface area contributed by atoms with E-state index in [9.17, 15) is 0 Å². The number of hydrogen-bond donors (Lipinski definition) is 1. The molecule has 0 amide bonds. The van der Waals surface area contributed by atoms with Gasteiger partial charge in [0.1, 0.15) is 0 Å². The Balaban J connectivity index is 1.95. The van der Waals surface area contributed by atoms with E-state index in [4.69, 9.17) is 0 Å². The maximum atomic E-state index is 4.24. The van der Waals surface area contributed by atoms with Crippen molar-refractivity contribution in [2.75, 3.05) is 0 Å². The number of hydrogen-bond acceptors (Lipinski definition) is 1. The average molecular weight is 243 g/mol. The maximum absolute atomic E-state index is 4.24. The first-order valence-corrected chi connectivity index (χ1v) is 6.97. The summed E-state index contributed by atoms with van der Waals surface area (Å²) in [5.74, 6) is 1.35. The third-order valence-corrected chi connectivity index (χ3v) is 3.73. The van der Waals surface area contributed by atoms with Gasteiger partial charge in [0.05, 0.1) is 0 Å². The molecule has 0 heterocycles. The van der Waals surface area contributed by atoms with Crippen LogP contribution in [0.4, 0.5) is 0 Å². The lowest BCUT2D eigenvalue weighted by molar-refractivity contribution is 0.430. The standard InChI is InChI=1S/C17H25N/c1-13(18-17(2,3)4)15-10-11-16(12-15)14-8-6-5-7-9-14/h5-9,15-16,18H,1,10-12H2,2-4H3. The first-order chi connectivity index (χ1) is 8.46. The van der Waals surface area contributed by atoms with Gasteiger partial charge in [-0.25, -0.2) is 0 Å². The SMILES string of the molecule is C=C(NC(C)(C)C)C1CCC(c2ccccc2)C1. The molecule has 2 unspecified atom stereocenters. The van der Waals surface area contributed by atoms with Crippen LogP contribution >= 0.6 is 0 Å². The lowest BCUT2D eigenvalue weighted by Gasteiger charge is -2.27. The minimum absolute atomic E-state index is 0.127. The predicted octanol–water partition coefficient (Wildman–Crippen LogP) is 4.47. The highest BCUT2D eigenvalue weighted by molar-refractivity contribution is 5.22. The summed E-state index contributed by atoms with van der Waals surface area (Å²) in [7, 11) is 0. The van der Waals surface area contributed by atoms with E-state index >= 15 is 0 Å². The molecule has 0 spiro atoms. The summed E-state index contributed by atoms with van der Waals surface area (Å²) in [6, 6.07) is 10.9. The van der Waals surface area contributed by atoms with E-state index in [0.29, 0.717) is 5.92 Å². The largest absolute Gasteiger partial charge is 0.384 e. The van der Waals surface area contributed by atoms with Crippen molar-refractivity contribution in [3.63, 3.8) is 0 Å². The lowest BCUT2D eigenvalue weighted by Crippen LogP contribution is -2.36. The van der Waals surface area contributed by atoms with Gasteiger partial charge in [-0.1, -0.05) is 36.9 Å². The van der Waals surface area contributed by atoms with Crippen LogP contribution in [0.2, 0.25) is 0 Å². The third-order valence-electron chi connectivity index (χ3n) is 3.73. The normalized spacial score (nSPS) is 23.9. The van der Waals surface area contributed by atoms with Crippen LogP contribution < -0.4 is 5.32 Å². The summed E-state index contributed by atoms with van der Waals surface area (Å²) in [6.45, 7) is 10.8. The van der Waals surface area contributed by atoms with E-state index in [1.807, 2.05) is 0 Å². The number of benzene rings is 1. The molecular formula is C17H25N. The zero-order valence-electron chi connectivity index (χ0n) is 11.9. The fraction of sp³-hybridized carbons (Fsp3) is 0.529. The summed E-state index contributed by atoms with van der Waals surface area (Å²) >= 11 is 0. The second-order valence-corrected chi connectivity index (χ2v) is 6.52. The molecule has 1 fully saturated rings. The Bertz CT molecular complexity index is 399. The first kappa shape index (κ1) is 13.2. The molecule has 1 aliphatic rings. The molecule has 1 N–H and O–H groups in total. The van der Waals surface area contributed by atoms with Gasteiger partial charge in [0, 0.05) is 11.2 Å². The zero-order valence-corrected chi connectivity index (χ0v) is 11.9. The van der Waals surface area contributed by atoms with Gasteiger partial charge in [-0.15, -0.1) is 0 Å². The molecule has 1 nitrogen and oxygen atoms in total. The number of nitrogens with one attached hydrogen (secondary N) is 1. The fourth-order valence-electron chi connectivity index (χ4n) is 2.91. The van der Waals surface area contributed by atoms with Crippen molar-refractivity contribution in [2.24, 2.45) is 5.92 Å². The molecule has 1 aliphatic carbocycles. The van der Waals surface area contributed by atoms with E-state index in [-0.39, 0.29) is 5.54 Å². The molecule has 18 heavy (non-hydrogen) atoms. The molecule has 0 aliphatic heterocycles. The van der Waals surface area contributed by atoms with Crippen LogP contribution in [0.1, 0.15) is 51.5 Å². The van der Waals surface area contributed by atoms with Gasteiger partial charge in [-0.05, 0) is 57.4 Å². The minimum Gasteiger partial charge on any atom is -0.384 e. The van der Waals surface area contributed by atoms with E-state index in [2.05, 4.69) is 63.0 Å². The summed E-state index contributed by atoms with van der Waals surface area (Å²) in [5, 5.41) is 3.54. The van der Waals surface area contributed by atoms with Crippen molar-refractivity contribution in [1.82, 2.24) is 5.32 Å². The smallest absolute Gasteiger partial charge is 0.0286 e. The second kappa shape index (κ2) is 5.17. The predicted molar refractivity (Wildman–Crippen MR) is 78.6 cm³/mol. The molecule has 1 heteroatoms. The summed E-state index contributed by atoms with van der Waals surface area (Å²) in [5.41, 5.74) is 2.84. The van der Waals surface area contributed by atoms with Crippen LogP contribution in [0, 0.1) is 5.92 Å². The second-order valence-electron chi connectivity index (χ2n) is 6.52. The average Bonchev–Trinajstić information content (AvgIpc) is 2.77. The fourth-order valence-corrected chi connectivity index (χ4v) is 2.91. The van der Waals surface area contributed by atoms with Gasteiger partial charge in [-0.3, -0.25) is 0 Å². The Morgan fingerprint density at radius 1 is 1.17 bits per heavy atom. The summed E-state index contributed by atoms with van der Waals surface area (Å²) < 4.78 is 0. The molecule has 1 saturated carbocycles. The van der Waals surface area contributed by atoms with Crippen LogP contribution in [0.15, 0.2) is 42.6 Å². The minimum atomic E-state index is 0.127. The highest BCUT2D eigenvalue weighted by Gasteiger charge is 2.28. The Morgan fingerprint density at radius 3 is 2.44 bits per heavy atom. The van der Waals surface area contributed by atoms with E-state index in [1.165, 1.54) is 30.5 Å². The van der Waals surface area contributed by atoms with Crippen molar-refractivity contribution >= 4 is 0 Å². The molecule has 2 atom stereocenters. The van der Waals surface area contributed by atoms with Gasteiger partial charge in [0.2, 0.25) is 0 Å². The Kier molecular flexibility index (Phi) is 3.79. The molecular weight excluding hydrogens is 218 g/mol. The molecule has 2 rings (SSSR count). The topological polar surface area (TPSA) is 12.0 Å². The molecule has 0 radical (unpaired) electrons. The van der Waals surface area contributed by atoms with Crippen LogP contribution in [0.5, 0.6) is 0 Å². The quantitative estimate of drug-likeness (QED) is 0.825. The van der Waals surface area contributed by atoms with Gasteiger partial charge in [0.25, 0.3) is 0 Å². The van der Waals surface area contributed by atoms with Crippen molar-refractivity contribution in [1.29, 1.82) is 0 Å². The highest BCUT2D eigenvalue weighted by Crippen LogP contribution is 2.40. The van der Waals surface area contributed by atoms with Crippen LogP contribution in [0.25, 0.3) is 0 Å². The van der Waals surface area contributed by atoms with Crippen LogP contribution in [-0.2, 0) is 0 Å². The monoisotopic (exact) mass is 243 g/mol. The zero-order chi connectivity index (χ0) is 13.2. The molecule has 0 aromatic heterocycles. The molecule has 0 saturated heterocycles. The van der Waals surface area contributed by atoms with Gasteiger partial charge < -0.3 is 5.32 Å². The van der Waals surface area contributed by atoms with Crippen molar-refractivity contribution in [3.05, 3.63) is 48.2 Å². The van der Waals surface area contributed by atoms with Crippen molar-refractivity contribution in [3.8, 4) is 0 Å². The van der Waals surface area contributed by atoms with Crippen molar-refractivity contribution < 1.29 is 0 Å². The Morgan fingerprint density at radius 2 is 1.83 bits per heavy atom. The van der Waals surface area contributed by atoms with Gasteiger partial charge >= 0.3 is 0 Å². The Hall–Kier alpha value is -1.24. The highest BCUT2D eigenvalue weighted by atomic mass is 15.0. The van der Waals surface area contributed by atoms with Gasteiger partial charge in [0.15, 0.2) is 0 Å². The lowest BCUT2D eigenvalue weighted by atomic mass is 9.95. The van der Waals surface area contributed by atoms with E-state index < -0.39 is 0 Å². The maximum Gasteiger partial charge on any atom is 0.0286 e.